The molecule has 1 aliphatic heterocycles. The zero-order valence-corrected chi connectivity index (χ0v) is 11.2. The van der Waals surface area contributed by atoms with E-state index >= 15 is 0 Å². The van der Waals surface area contributed by atoms with Gasteiger partial charge < -0.3 is 15.0 Å². The van der Waals surface area contributed by atoms with Crippen molar-refractivity contribution in [1.29, 1.82) is 0 Å². The van der Waals surface area contributed by atoms with Crippen LogP contribution in [0.25, 0.3) is 0 Å². The molecule has 1 aliphatic rings. The Morgan fingerprint density at radius 2 is 2.37 bits per heavy atom. The molecule has 0 aliphatic carbocycles. The first-order valence-electron chi connectivity index (χ1n) is 6.71. The van der Waals surface area contributed by atoms with Gasteiger partial charge in [-0.1, -0.05) is 12.1 Å². The lowest BCUT2D eigenvalue weighted by atomic mass is 10.1. The molecule has 4 nitrogen and oxygen atoms in total. The number of methoxy groups -OCH3 is 1. The second-order valence-corrected chi connectivity index (χ2v) is 5.06. The summed E-state index contributed by atoms with van der Waals surface area (Å²) in [4.78, 5) is 4.68. The van der Waals surface area contributed by atoms with Gasteiger partial charge in [-0.3, -0.25) is 0 Å². The molecule has 1 atom stereocenters. The van der Waals surface area contributed by atoms with E-state index in [1.165, 1.54) is 5.56 Å². The highest BCUT2D eigenvalue weighted by Crippen LogP contribution is 2.23. The second kappa shape index (κ2) is 5.05. The largest absolute Gasteiger partial charge is 0.497 e. The molecular formula is C15H19N3O. The highest BCUT2D eigenvalue weighted by molar-refractivity contribution is 5.31. The fourth-order valence-corrected chi connectivity index (χ4v) is 2.65. The van der Waals surface area contributed by atoms with E-state index in [0.29, 0.717) is 0 Å². The second-order valence-electron chi connectivity index (χ2n) is 5.06. The van der Waals surface area contributed by atoms with Crippen molar-refractivity contribution in [1.82, 2.24) is 9.55 Å². The molecule has 0 radical (unpaired) electrons. The normalized spacial score (nSPS) is 18.1. The Morgan fingerprint density at radius 1 is 1.47 bits per heavy atom. The van der Waals surface area contributed by atoms with Gasteiger partial charge >= 0.3 is 0 Å². The number of ether oxygens (including phenoxy) is 1. The van der Waals surface area contributed by atoms with Crippen LogP contribution in [0, 0.1) is 0 Å². The maximum atomic E-state index is 6.10. The van der Waals surface area contributed by atoms with Crippen LogP contribution in [0.2, 0.25) is 0 Å². The van der Waals surface area contributed by atoms with Crippen molar-refractivity contribution in [3.63, 3.8) is 0 Å². The fraction of sp³-hybridized carbons (Fsp3) is 0.400. The van der Waals surface area contributed by atoms with Crippen molar-refractivity contribution in [2.24, 2.45) is 5.73 Å². The quantitative estimate of drug-likeness (QED) is 0.917. The van der Waals surface area contributed by atoms with E-state index in [2.05, 4.69) is 27.9 Å². The van der Waals surface area contributed by atoms with Gasteiger partial charge in [0, 0.05) is 19.2 Å². The zero-order valence-electron chi connectivity index (χ0n) is 11.2. The molecule has 19 heavy (non-hydrogen) atoms. The van der Waals surface area contributed by atoms with E-state index < -0.39 is 0 Å². The number of hydrogen-bond donors (Lipinski definition) is 1. The monoisotopic (exact) mass is 257 g/mol. The molecule has 0 saturated heterocycles. The molecule has 1 aromatic carbocycles. The minimum absolute atomic E-state index is 0.0906. The average molecular weight is 257 g/mol. The number of nitrogens with zero attached hydrogens (tertiary/aromatic N) is 2. The molecule has 0 fully saturated rings. The van der Waals surface area contributed by atoms with Crippen LogP contribution >= 0.6 is 0 Å². The number of imidazole rings is 1. The SMILES string of the molecule is COc1cccc(Cc2cn3c(n2)C(N)CCC3)c1. The molecule has 2 heterocycles. The van der Waals surface area contributed by atoms with Gasteiger partial charge in [0.25, 0.3) is 0 Å². The third-order valence-corrected chi connectivity index (χ3v) is 3.62. The molecule has 2 N–H and O–H groups in total. The molecule has 1 aromatic heterocycles. The maximum absolute atomic E-state index is 6.10. The van der Waals surface area contributed by atoms with Crippen molar-refractivity contribution < 1.29 is 4.74 Å². The summed E-state index contributed by atoms with van der Waals surface area (Å²) in [5.74, 6) is 1.92. The van der Waals surface area contributed by atoms with E-state index in [0.717, 1.165) is 43.1 Å². The van der Waals surface area contributed by atoms with Crippen molar-refractivity contribution in [2.75, 3.05) is 7.11 Å². The molecule has 4 heteroatoms. The van der Waals surface area contributed by atoms with Crippen LogP contribution in [0.5, 0.6) is 5.75 Å². The van der Waals surface area contributed by atoms with E-state index in [-0.39, 0.29) is 6.04 Å². The average Bonchev–Trinajstić information content (AvgIpc) is 2.83. The highest BCUT2D eigenvalue weighted by Gasteiger charge is 2.19. The predicted molar refractivity (Wildman–Crippen MR) is 74.2 cm³/mol. The van der Waals surface area contributed by atoms with Gasteiger partial charge in [-0.2, -0.15) is 0 Å². The number of nitrogens with two attached hydrogens (primary N) is 1. The van der Waals surface area contributed by atoms with Gasteiger partial charge in [-0.15, -0.1) is 0 Å². The minimum atomic E-state index is 0.0906. The lowest BCUT2D eigenvalue weighted by Gasteiger charge is -2.19. The van der Waals surface area contributed by atoms with Crippen LogP contribution in [0.3, 0.4) is 0 Å². The summed E-state index contributed by atoms with van der Waals surface area (Å²) in [5.41, 5.74) is 8.39. The summed E-state index contributed by atoms with van der Waals surface area (Å²) in [7, 11) is 1.69. The van der Waals surface area contributed by atoms with Gasteiger partial charge in [0.05, 0.1) is 18.8 Å². The van der Waals surface area contributed by atoms with Gasteiger partial charge in [-0.25, -0.2) is 4.98 Å². The Balaban J connectivity index is 1.83. The first-order valence-corrected chi connectivity index (χ1v) is 6.71. The van der Waals surface area contributed by atoms with E-state index in [1.54, 1.807) is 7.11 Å². The van der Waals surface area contributed by atoms with Crippen LogP contribution in [-0.2, 0) is 13.0 Å². The summed E-state index contributed by atoms with van der Waals surface area (Å²) < 4.78 is 7.44. The first kappa shape index (κ1) is 12.2. The van der Waals surface area contributed by atoms with E-state index in [4.69, 9.17) is 10.5 Å². The van der Waals surface area contributed by atoms with Gasteiger partial charge in [0.1, 0.15) is 11.6 Å². The molecule has 0 bridgehead atoms. The van der Waals surface area contributed by atoms with E-state index in [9.17, 15) is 0 Å². The lowest BCUT2D eigenvalue weighted by molar-refractivity contribution is 0.414. The van der Waals surface area contributed by atoms with Crippen LogP contribution in [0.1, 0.15) is 36.0 Å². The minimum Gasteiger partial charge on any atom is -0.497 e. The van der Waals surface area contributed by atoms with Gasteiger partial charge in [0.15, 0.2) is 0 Å². The first-order chi connectivity index (χ1) is 9.26. The van der Waals surface area contributed by atoms with Crippen molar-refractivity contribution in [3.8, 4) is 5.75 Å². The Kier molecular flexibility index (Phi) is 3.25. The number of benzene rings is 1. The predicted octanol–water partition coefficient (Wildman–Crippen LogP) is 2.28. The lowest BCUT2D eigenvalue weighted by Crippen LogP contribution is -2.21. The van der Waals surface area contributed by atoms with Crippen molar-refractivity contribution in [3.05, 3.63) is 47.5 Å². The number of hydrogen-bond acceptors (Lipinski definition) is 3. The summed E-state index contributed by atoms with van der Waals surface area (Å²) in [6.45, 7) is 1.04. The zero-order chi connectivity index (χ0) is 13.2. The van der Waals surface area contributed by atoms with Gasteiger partial charge in [0.2, 0.25) is 0 Å². The molecule has 2 aromatic rings. The number of fused-ring (bicyclic) bond motifs is 1. The molecule has 0 spiro atoms. The maximum Gasteiger partial charge on any atom is 0.125 e. The van der Waals surface area contributed by atoms with Crippen LogP contribution in [-0.4, -0.2) is 16.7 Å². The van der Waals surface area contributed by atoms with Crippen molar-refractivity contribution in [2.45, 2.75) is 31.8 Å². The number of aromatic nitrogens is 2. The third-order valence-electron chi connectivity index (χ3n) is 3.62. The number of aryl methyl sites for hydroxylation is 1. The summed E-state index contributed by atoms with van der Waals surface area (Å²) in [5, 5.41) is 0. The molecule has 0 saturated carbocycles. The Bertz CT molecular complexity index is 577. The smallest absolute Gasteiger partial charge is 0.125 e. The third kappa shape index (κ3) is 2.49. The van der Waals surface area contributed by atoms with Crippen LogP contribution in [0.15, 0.2) is 30.5 Å². The Hall–Kier alpha value is -1.81. The summed E-state index contributed by atoms with van der Waals surface area (Å²) in [6.07, 6.45) is 5.14. The topological polar surface area (TPSA) is 53.1 Å². The highest BCUT2D eigenvalue weighted by atomic mass is 16.5. The molecule has 100 valence electrons. The Morgan fingerprint density at radius 3 is 3.16 bits per heavy atom. The molecule has 3 rings (SSSR count). The Labute approximate surface area is 113 Å². The summed E-state index contributed by atoms with van der Waals surface area (Å²) in [6, 6.07) is 8.21. The van der Waals surface area contributed by atoms with Crippen LogP contribution in [0.4, 0.5) is 0 Å². The number of rotatable bonds is 3. The fourth-order valence-electron chi connectivity index (χ4n) is 2.65. The standard InChI is InChI=1S/C15H19N3O/c1-19-13-5-2-4-11(9-13)8-12-10-18-7-3-6-14(16)15(18)17-12/h2,4-5,9-10,14H,3,6-8,16H2,1H3. The van der Waals surface area contributed by atoms with Crippen LogP contribution < -0.4 is 10.5 Å². The molecule has 1 unspecified atom stereocenters. The van der Waals surface area contributed by atoms with E-state index in [1.807, 2.05) is 12.1 Å². The summed E-state index contributed by atoms with van der Waals surface area (Å²) >= 11 is 0. The van der Waals surface area contributed by atoms with Crippen molar-refractivity contribution >= 4 is 0 Å². The molecular weight excluding hydrogens is 238 g/mol. The molecule has 0 amide bonds. The van der Waals surface area contributed by atoms with Gasteiger partial charge in [-0.05, 0) is 30.5 Å².